The first kappa shape index (κ1) is 42.6. The Hall–Kier alpha value is -6.34. The van der Waals surface area contributed by atoms with Crippen LogP contribution >= 0.6 is 8.60 Å². The Morgan fingerprint density at radius 1 is 0.446 bits per heavy atom. The normalized spacial score (nSPS) is 19.8. The van der Waals surface area contributed by atoms with Gasteiger partial charge in [0.05, 0.1) is 0 Å². The lowest BCUT2D eigenvalue weighted by molar-refractivity contribution is -0.177. The summed E-state index contributed by atoms with van der Waals surface area (Å²) in [7, 11) is -2.34. The highest BCUT2D eigenvalue weighted by atomic mass is 31.2. The molecule has 4 atom stereocenters. The van der Waals surface area contributed by atoms with E-state index in [0.29, 0.717) is 0 Å². The van der Waals surface area contributed by atoms with Gasteiger partial charge in [-0.15, -0.1) is 0 Å². The van der Waals surface area contributed by atoms with Crippen LogP contribution in [0.4, 0.5) is 0 Å². The maximum atomic E-state index is 7.80. The molecule has 2 aliphatic heterocycles. The Balaban J connectivity index is 1.18. The molecule has 0 aromatic heterocycles. The Bertz CT molecular complexity index is 2600. The molecule has 0 aliphatic carbocycles. The van der Waals surface area contributed by atoms with Crippen LogP contribution in [0, 0.1) is 0 Å². The fourth-order valence-electron chi connectivity index (χ4n) is 9.28. The molecule has 0 unspecified atom stereocenters. The molecule has 0 N–H and O–H groups in total. The number of hydrogen-bond donors (Lipinski definition) is 0. The molecule has 6 nitrogen and oxygen atoms in total. The molecule has 10 rings (SSSR count). The monoisotopic (exact) mass is 871 g/mol. The van der Waals surface area contributed by atoms with Crippen LogP contribution in [0.5, 0.6) is 0 Å². The highest BCUT2D eigenvalue weighted by Gasteiger charge is 2.67. The summed E-state index contributed by atoms with van der Waals surface area (Å²) in [6.45, 7) is 3.93. The smallest absolute Gasteiger partial charge is 0.336 e. The summed E-state index contributed by atoms with van der Waals surface area (Å²) in [5.74, 6) is -1.02. The summed E-state index contributed by atoms with van der Waals surface area (Å²) in [5, 5.41) is 0. The second-order valence-electron chi connectivity index (χ2n) is 16.9. The average Bonchev–Trinajstić information content (AvgIpc) is 3.66. The van der Waals surface area contributed by atoms with Gasteiger partial charge in [0, 0.05) is 6.21 Å². The van der Waals surface area contributed by atoms with Gasteiger partial charge in [-0.05, 0) is 63.9 Å². The molecular weight excluding hydrogens is 822 g/mol. The number of rotatable bonds is 12. The first-order chi connectivity index (χ1) is 31.9. The number of benzene rings is 8. The van der Waals surface area contributed by atoms with Crippen molar-refractivity contribution in [1.82, 2.24) is 0 Å². The molecule has 2 heterocycles. The van der Waals surface area contributed by atoms with Crippen LogP contribution < -0.4 is 0 Å². The highest BCUT2D eigenvalue weighted by molar-refractivity contribution is 7.41. The van der Waals surface area contributed by atoms with Crippen molar-refractivity contribution in [1.29, 1.82) is 0 Å². The van der Waals surface area contributed by atoms with Crippen LogP contribution in [0.3, 0.4) is 0 Å². The maximum absolute atomic E-state index is 7.80. The van der Waals surface area contributed by atoms with Crippen molar-refractivity contribution < 1.29 is 23.0 Å². The van der Waals surface area contributed by atoms with Gasteiger partial charge in [0.1, 0.15) is 24.4 Å². The molecule has 0 radical (unpaired) electrons. The highest BCUT2D eigenvalue weighted by Crippen LogP contribution is 2.66. The molecular formula is C58H50NO5P. The predicted molar refractivity (Wildman–Crippen MR) is 259 cm³/mol. The Labute approximate surface area is 383 Å². The number of ether oxygens (including phenoxy) is 2. The van der Waals surface area contributed by atoms with E-state index in [1.165, 1.54) is 0 Å². The number of aliphatic imine (C=N–C) groups is 1. The standard InChI is InChI=1S/C58H50NO5P/c1-56(2)60-54-55(61-56)58(50-34-20-8-21-35-50,51-36-22-9-23-37-51)64-65(63-57(54,48-30-16-6-17-31-48)49-32-18-7-19-33-49)62-53(47-28-14-5-15-29-47)52(46-26-12-4-13-27-46)59-42-43-38-40-45(41-39-43)44-24-10-3-11-25-44/h3-42,52-55H,1-2H3/t52-,53+,54+,55+/m0/s1. The van der Waals surface area contributed by atoms with E-state index in [-0.39, 0.29) is 0 Å². The molecule has 0 saturated carbocycles. The van der Waals surface area contributed by atoms with Crippen LogP contribution in [-0.4, -0.2) is 24.2 Å². The number of fused-ring (bicyclic) bond motifs is 1. The van der Waals surface area contributed by atoms with E-state index >= 15 is 0 Å². The van der Waals surface area contributed by atoms with Crippen molar-refractivity contribution in [3.63, 3.8) is 0 Å². The van der Waals surface area contributed by atoms with Crippen LogP contribution in [0.2, 0.25) is 0 Å². The minimum atomic E-state index is -2.34. The third kappa shape index (κ3) is 8.54. The minimum Gasteiger partial charge on any atom is -0.341 e. The molecule has 2 saturated heterocycles. The van der Waals surface area contributed by atoms with Gasteiger partial charge in [-0.2, -0.15) is 0 Å². The van der Waals surface area contributed by atoms with E-state index in [0.717, 1.165) is 50.1 Å². The molecule has 7 heteroatoms. The molecule has 0 bridgehead atoms. The molecule has 322 valence electrons. The fraction of sp³-hybridized carbons (Fsp3) is 0.155. The largest absolute Gasteiger partial charge is 0.341 e. The van der Waals surface area contributed by atoms with Crippen molar-refractivity contribution in [3.8, 4) is 11.1 Å². The van der Waals surface area contributed by atoms with Gasteiger partial charge in [0.25, 0.3) is 0 Å². The molecule has 8 aromatic rings. The molecule has 2 aliphatic rings. The zero-order chi connectivity index (χ0) is 44.1. The predicted octanol–water partition coefficient (Wildman–Crippen LogP) is 14.0. The lowest BCUT2D eigenvalue weighted by Crippen LogP contribution is -2.53. The van der Waals surface area contributed by atoms with Gasteiger partial charge in [0.15, 0.2) is 17.0 Å². The molecule has 65 heavy (non-hydrogen) atoms. The summed E-state index contributed by atoms with van der Waals surface area (Å²) in [6, 6.07) is 80.1. The van der Waals surface area contributed by atoms with Crippen molar-refractivity contribution >= 4 is 14.8 Å². The van der Waals surface area contributed by atoms with Gasteiger partial charge in [-0.25, -0.2) is 0 Å². The van der Waals surface area contributed by atoms with Gasteiger partial charge in [-0.1, -0.05) is 237 Å². The SMILES string of the molecule is CC1(C)O[C@@H]2[C@@H](O1)C(c1ccccc1)(c1ccccc1)OP(O[C@H](c1ccccc1)[C@@H](N=Cc1ccc(-c3ccccc3)cc1)c1ccccc1)OC2(c1ccccc1)c1ccccc1. The summed E-state index contributed by atoms with van der Waals surface area (Å²) in [6.07, 6.45) is -0.223. The quantitative estimate of drug-likeness (QED) is 0.0904. The summed E-state index contributed by atoms with van der Waals surface area (Å²) < 4.78 is 37.7. The Morgan fingerprint density at radius 2 is 0.800 bits per heavy atom. The summed E-state index contributed by atoms with van der Waals surface area (Å²) in [5.41, 5.74) is 6.11. The van der Waals surface area contributed by atoms with E-state index in [4.69, 9.17) is 28.0 Å². The van der Waals surface area contributed by atoms with Crippen LogP contribution in [0.1, 0.15) is 64.9 Å². The molecule has 0 amide bonds. The summed E-state index contributed by atoms with van der Waals surface area (Å²) >= 11 is 0. The second kappa shape index (κ2) is 18.6. The lowest BCUT2D eigenvalue weighted by atomic mass is 9.72. The second-order valence-corrected chi connectivity index (χ2v) is 17.9. The average molecular weight is 872 g/mol. The van der Waals surface area contributed by atoms with E-state index in [1.54, 1.807) is 0 Å². The van der Waals surface area contributed by atoms with Crippen LogP contribution in [0.15, 0.2) is 242 Å². The van der Waals surface area contributed by atoms with Crippen molar-refractivity contribution in [3.05, 3.63) is 276 Å². The summed E-state index contributed by atoms with van der Waals surface area (Å²) in [4.78, 5) is 5.41. The van der Waals surface area contributed by atoms with Crippen molar-refractivity contribution in [2.24, 2.45) is 4.99 Å². The van der Waals surface area contributed by atoms with Gasteiger partial charge < -0.3 is 14.0 Å². The van der Waals surface area contributed by atoms with E-state index in [9.17, 15) is 0 Å². The molecule has 2 fully saturated rings. The number of nitrogens with zero attached hydrogens (tertiary/aromatic N) is 1. The Morgan fingerprint density at radius 3 is 1.22 bits per heavy atom. The third-order valence-corrected chi connectivity index (χ3v) is 13.6. The molecule has 0 spiro atoms. The van der Waals surface area contributed by atoms with Gasteiger partial charge >= 0.3 is 8.60 Å². The maximum Gasteiger partial charge on any atom is 0.336 e. The third-order valence-electron chi connectivity index (χ3n) is 12.3. The van der Waals surface area contributed by atoms with Gasteiger partial charge in [0.2, 0.25) is 0 Å². The fourth-order valence-corrected chi connectivity index (χ4v) is 10.9. The van der Waals surface area contributed by atoms with E-state index in [1.807, 2.05) is 135 Å². The van der Waals surface area contributed by atoms with E-state index in [2.05, 4.69) is 121 Å². The molecule has 8 aromatic carbocycles. The first-order valence-corrected chi connectivity index (χ1v) is 23.2. The first-order valence-electron chi connectivity index (χ1n) is 22.1. The van der Waals surface area contributed by atoms with Crippen LogP contribution in [0.25, 0.3) is 11.1 Å². The zero-order valence-electron chi connectivity index (χ0n) is 36.3. The van der Waals surface area contributed by atoms with Gasteiger partial charge in [-0.3, -0.25) is 14.0 Å². The zero-order valence-corrected chi connectivity index (χ0v) is 37.2. The minimum absolute atomic E-state index is 0.526. The lowest BCUT2D eigenvalue weighted by Gasteiger charge is -2.41. The van der Waals surface area contributed by atoms with E-state index < -0.39 is 49.9 Å². The van der Waals surface area contributed by atoms with Crippen molar-refractivity contribution in [2.45, 2.75) is 55.2 Å². The number of hydrogen-bond acceptors (Lipinski definition) is 6. The van der Waals surface area contributed by atoms with Crippen molar-refractivity contribution in [2.75, 3.05) is 0 Å². The topological polar surface area (TPSA) is 58.5 Å². The van der Waals surface area contributed by atoms with Crippen LogP contribution in [-0.2, 0) is 34.2 Å². The Kier molecular flexibility index (Phi) is 12.2.